The first-order valence-corrected chi connectivity index (χ1v) is 12.8. The molecular formula is C29H34N4O4. The van der Waals surface area contributed by atoms with Gasteiger partial charge in [-0.2, -0.15) is 0 Å². The van der Waals surface area contributed by atoms with Gasteiger partial charge in [-0.15, -0.1) is 0 Å². The smallest absolute Gasteiger partial charge is 0.275 e. The van der Waals surface area contributed by atoms with Gasteiger partial charge in [-0.25, -0.2) is 4.98 Å². The van der Waals surface area contributed by atoms with Gasteiger partial charge in [-0.1, -0.05) is 43.5 Å². The highest BCUT2D eigenvalue weighted by Gasteiger charge is 2.34. The maximum absolute atomic E-state index is 13.9. The van der Waals surface area contributed by atoms with Crippen molar-refractivity contribution in [1.29, 1.82) is 0 Å². The number of methoxy groups -OCH3 is 1. The number of nitrogens with one attached hydrogen (secondary N) is 1. The fourth-order valence-corrected chi connectivity index (χ4v) is 4.72. The molecule has 1 saturated carbocycles. The zero-order valence-corrected chi connectivity index (χ0v) is 21.4. The minimum Gasteiger partial charge on any atom is -0.497 e. The molecule has 2 amide bonds. The molecule has 0 bridgehead atoms. The molecule has 1 N–H and O–H groups in total. The van der Waals surface area contributed by atoms with Gasteiger partial charge in [0, 0.05) is 25.0 Å². The van der Waals surface area contributed by atoms with E-state index in [2.05, 4.69) is 15.3 Å². The van der Waals surface area contributed by atoms with Crippen LogP contribution < -0.4 is 14.8 Å². The van der Waals surface area contributed by atoms with Gasteiger partial charge in [-0.05, 0) is 55.2 Å². The first kappa shape index (κ1) is 26.1. The van der Waals surface area contributed by atoms with Crippen molar-refractivity contribution in [3.05, 3.63) is 83.9 Å². The normalized spacial score (nSPS) is 14.4. The van der Waals surface area contributed by atoms with Gasteiger partial charge >= 0.3 is 0 Å². The van der Waals surface area contributed by atoms with E-state index in [1.807, 2.05) is 55.5 Å². The average Bonchev–Trinajstić information content (AvgIpc) is 2.94. The predicted molar refractivity (Wildman–Crippen MR) is 140 cm³/mol. The van der Waals surface area contributed by atoms with Crippen molar-refractivity contribution in [2.24, 2.45) is 0 Å². The summed E-state index contributed by atoms with van der Waals surface area (Å²) in [5, 5.41) is 3.23. The molecule has 1 aromatic heterocycles. The third-order valence-electron chi connectivity index (χ3n) is 6.55. The van der Waals surface area contributed by atoms with Gasteiger partial charge in [0.15, 0.2) is 0 Å². The molecular weight excluding hydrogens is 468 g/mol. The fraction of sp³-hybridized carbons (Fsp3) is 0.379. The van der Waals surface area contributed by atoms with Crippen molar-refractivity contribution >= 4 is 11.8 Å². The molecule has 0 unspecified atom stereocenters. The Balaban J connectivity index is 1.74. The molecule has 0 spiro atoms. The molecule has 1 aliphatic carbocycles. The number of amides is 2. The number of aromatic nitrogens is 2. The van der Waals surface area contributed by atoms with E-state index in [4.69, 9.17) is 9.47 Å². The van der Waals surface area contributed by atoms with Crippen molar-refractivity contribution in [2.45, 2.75) is 57.7 Å². The zero-order chi connectivity index (χ0) is 26.0. The van der Waals surface area contributed by atoms with E-state index in [9.17, 15) is 9.59 Å². The Kier molecular flexibility index (Phi) is 9.08. The van der Waals surface area contributed by atoms with E-state index >= 15 is 0 Å². The number of carbonyl (C=O) groups is 2. The lowest BCUT2D eigenvalue weighted by atomic mass is 9.94. The van der Waals surface area contributed by atoms with E-state index in [0.717, 1.165) is 31.2 Å². The molecule has 2 aromatic carbocycles. The Bertz CT molecular complexity index is 1160. The summed E-state index contributed by atoms with van der Waals surface area (Å²) < 4.78 is 11.0. The monoisotopic (exact) mass is 502 g/mol. The van der Waals surface area contributed by atoms with Crippen molar-refractivity contribution in [2.75, 3.05) is 13.7 Å². The molecule has 0 aliphatic heterocycles. The Hall–Kier alpha value is -3.94. The number of hydrogen-bond donors (Lipinski definition) is 1. The molecule has 1 atom stereocenters. The van der Waals surface area contributed by atoms with Gasteiger partial charge in [-0.3, -0.25) is 14.6 Å². The molecule has 1 aliphatic rings. The highest BCUT2D eigenvalue weighted by Crippen LogP contribution is 2.29. The van der Waals surface area contributed by atoms with Crippen LogP contribution in [-0.4, -0.2) is 46.4 Å². The van der Waals surface area contributed by atoms with Crippen LogP contribution in [0.1, 0.15) is 66.7 Å². The molecule has 4 rings (SSSR count). The minimum absolute atomic E-state index is 0.0942. The summed E-state index contributed by atoms with van der Waals surface area (Å²) >= 11 is 0. The molecule has 3 aromatic rings. The number of rotatable bonds is 10. The largest absolute Gasteiger partial charge is 0.497 e. The molecule has 8 heteroatoms. The second-order valence-electron chi connectivity index (χ2n) is 9.12. The number of carbonyl (C=O) groups excluding carboxylic acids is 2. The van der Waals surface area contributed by atoms with E-state index in [1.54, 1.807) is 12.0 Å². The molecule has 1 heterocycles. The molecule has 1 fully saturated rings. The Morgan fingerprint density at radius 3 is 2.51 bits per heavy atom. The van der Waals surface area contributed by atoms with Gasteiger partial charge in [0.2, 0.25) is 5.91 Å². The highest BCUT2D eigenvalue weighted by atomic mass is 16.5. The Morgan fingerprint density at radius 2 is 1.84 bits per heavy atom. The number of nitrogens with zero attached hydrogens (tertiary/aromatic N) is 3. The summed E-state index contributed by atoms with van der Waals surface area (Å²) in [6, 6.07) is 14.1. The minimum atomic E-state index is -0.877. The van der Waals surface area contributed by atoms with E-state index in [1.165, 1.54) is 25.0 Å². The van der Waals surface area contributed by atoms with Crippen LogP contribution >= 0.6 is 0 Å². The summed E-state index contributed by atoms with van der Waals surface area (Å²) in [7, 11) is 1.60. The Morgan fingerprint density at radius 1 is 1.05 bits per heavy atom. The quantitative estimate of drug-likeness (QED) is 0.431. The van der Waals surface area contributed by atoms with Crippen LogP contribution in [0.15, 0.2) is 67.1 Å². The Labute approximate surface area is 218 Å². The van der Waals surface area contributed by atoms with Crippen LogP contribution in [0.4, 0.5) is 0 Å². The van der Waals surface area contributed by atoms with Crippen LogP contribution in [-0.2, 0) is 11.3 Å². The van der Waals surface area contributed by atoms with Gasteiger partial charge in [0.25, 0.3) is 5.91 Å². The number of hydrogen-bond acceptors (Lipinski definition) is 6. The molecule has 37 heavy (non-hydrogen) atoms. The van der Waals surface area contributed by atoms with E-state index < -0.39 is 6.04 Å². The second kappa shape index (κ2) is 12.9. The summed E-state index contributed by atoms with van der Waals surface area (Å²) in [4.78, 5) is 37.7. The second-order valence-corrected chi connectivity index (χ2v) is 9.12. The third kappa shape index (κ3) is 6.84. The van der Waals surface area contributed by atoms with Crippen molar-refractivity contribution < 1.29 is 19.1 Å². The lowest BCUT2D eigenvalue weighted by molar-refractivity contribution is -0.127. The van der Waals surface area contributed by atoms with Crippen LogP contribution in [0.2, 0.25) is 0 Å². The van der Waals surface area contributed by atoms with Gasteiger partial charge in [0.05, 0.1) is 19.9 Å². The molecule has 194 valence electrons. The number of benzene rings is 2. The molecule has 8 nitrogen and oxygen atoms in total. The topological polar surface area (TPSA) is 93.7 Å². The summed E-state index contributed by atoms with van der Waals surface area (Å²) in [5.41, 5.74) is 1.70. The van der Waals surface area contributed by atoms with Gasteiger partial charge in [0.1, 0.15) is 23.2 Å². The summed E-state index contributed by atoms with van der Waals surface area (Å²) in [6.45, 7) is 2.64. The van der Waals surface area contributed by atoms with Crippen LogP contribution in [0.25, 0.3) is 0 Å². The number of ether oxygens (including phenoxy) is 2. The standard InChI is InChI=1S/C29H34N4O4/c1-3-37-24-14-12-22(13-15-24)27(28(34)32-23-9-5-4-6-10-23)33(29(35)26-19-30-16-17-31-26)20-21-8-7-11-25(18-21)36-2/h7-8,11-19,23,27H,3-6,9-10,20H2,1-2H3,(H,32,34)/t27-/m1/s1. The first-order valence-electron chi connectivity index (χ1n) is 12.8. The highest BCUT2D eigenvalue weighted by molar-refractivity contribution is 5.96. The van der Waals surface area contributed by atoms with Crippen LogP contribution in [0.3, 0.4) is 0 Å². The summed E-state index contributed by atoms with van der Waals surface area (Å²) in [6.07, 6.45) is 9.66. The van der Waals surface area contributed by atoms with Crippen LogP contribution in [0, 0.1) is 0 Å². The van der Waals surface area contributed by atoms with E-state index in [0.29, 0.717) is 23.7 Å². The maximum Gasteiger partial charge on any atom is 0.275 e. The van der Waals surface area contributed by atoms with Crippen LogP contribution in [0.5, 0.6) is 11.5 Å². The van der Waals surface area contributed by atoms with E-state index in [-0.39, 0.29) is 30.1 Å². The van der Waals surface area contributed by atoms with Crippen molar-refractivity contribution in [3.8, 4) is 11.5 Å². The predicted octanol–water partition coefficient (Wildman–Crippen LogP) is 4.72. The van der Waals surface area contributed by atoms with Crippen molar-refractivity contribution in [3.63, 3.8) is 0 Å². The van der Waals surface area contributed by atoms with Gasteiger partial charge < -0.3 is 19.7 Å². The molecule has 0 saturated heterocycles. The fourth-order valence-electron chi connectivity index (χ4n) is 4.72. The SMILES string of the molecule is CCOc1ccc([C@H](C(=O)NC2CCCCC2)N(Cc2cccc(OC)c2)C(=O)c2cnccn2)cc1. The lowest BCUT2D eigenvalue weighted by Gasteiger charge is -2.33. The maximum atomic E-state index is 13.9. The van der Waals surface area contributed by atoms with Crippen molar-refractivity contribution in [1.82, 2.24) is 20.2 Å². The average molecular weight is 503 g/mol. The third-order valence-corrected chi connectivity index (χ3v) is 6.55. The molecule has 0 radical (unpaired) electrons. The summed E-state index contributed by atoms with van der Waals surface area (Å²) in [5.74, 6) is 0.788. The first-order chi connectivity index (χ1) is 18.1. The zero-order valence-electron chi connectivity index (χ0n) is 21.4. The lowest BCUT2D eigenvalue weighted by Crippen LogP contribution is -2.47.